The quantitative estimate of drug-likeness (QED) is 0.780. The minimum Gasteiger partial charge on any atom is -0.479 e. The van der Waals surface area contributed by atoms with Gasteiger partial charge in [-0.2, -0.15) is 5.10 Å². The van der Waals surface area contributed by atoms with Gasteiger partial charge < -0.3 is 10.4 Å². The molecule has 0 fully saturated rings. The molecule has 0 spiro atoms. The summed E-state index contributed by atoms with van der Waals surface area (Å²) >= 11 is 1.21. The number of amides is 1. The standard InChI is InChI=1S/C13H13N3O4S/c1-6-7(2)15-16-12(18)9(6)11(17)14-10(13(19)20)8-4-3-5-21-8/h3-5,10H,1-2H3,(H,14,17)(H,16,18)(H,19,20). The predicted octanol–water partition coefficient (Wildman–Crippen LogP) is 1.00. The Morgan fingerprint density at radius 2 is 2.14 bits per heavy atom. The van der Waals surface area contributed by atoms with Crippen LogP contribution < -0.4 is 10.9 Å². The fourth-order valence-electron chi connectivity index (χ4n) is 1.81. The number of hydrogen-bond donors (Lipinski definition) is 3. The topological polar surface area (TPSA) is 112 Å². The largest absolute Gasteiger partial charge is 0.479 e. The molecule has 0 aliphatic rings. The number of aromatic amines is 1. The van der Waals surface area contributed by atoms with Crippen LogP contribution in [0.5, 0.6) is 0 Å². The van der Waals surface area contributed by atoms with E-state index in [4.69, 9.17) is 0 Å². The van der Waals surface area contributed by atoms with Gasteiger partial charge in [-0.05, 0) is 30.9 Å². The molecule has 2 rings (SSSR count). The number of carboxylic acid groups (broad SMARTS) is 1. The van der Waals surface area contributed by atoms with Crippen LogP contribution in [0.1, 0.15) is 32.5 Å². The first-order valence-corrected chi connectivity index (χ1v) is 6.92. The molecule has 0 bridgehead atoms. The van der Waals surface area contributed by atoms with Gasteiger partial charge in [-0.15, -0.1) is 11.3 Å². The van der Waals surface area contributed by atoms with Gasteiger partial charge in [0.25, 0.3) is 11.5 Å². The number of thiophene rings is 1. The number of carbonyl (C=O) groups excluding carboxylic acids is 1. The van der Waals surface area contributed by atoms with E-state index in [2.05, 4.69) is 15.5 Å². The summed E-state index contributed by atoms with van der Waals surface area (Å²) in [6, 6.07) is 2.11. The highest BCUT2D eigenvalue weighted by atomic mass is 32.1. The van der Waals surface area contributed by atoms with Crippen molar-refractivity contribution in [2.75, 3.05) is 0 Å². The monoisotopic (exact) mass is 307 g/mol. The van der Waals surface area contributed by atoms with Crippen LogP contribution >= 0.6 is 11.3 Å². The Morgan fingerprint density at radius 3 is 2.71 bits per heavy atom. The number of hydrogen-bond acceptors (Lipinski definition) is 5. The van der Waals surface area contributed by atoms with Gasteiger partial charge in [-0.3, -0.25) is 9.59 Å². The number of rotatable bonds is 4. The lowest BCUT2D eigenvalue weighted by atomic mass is 10.1. The molecule has 2 heterocycles. The minimum atomic E-state index is -1.19. The van der Waals surface area contributed by atoms with Crippen LogP contribution in [0, 0.1) is 13.8 Å². The van der Waals surface area contributed by atoms with E-state index in [1.165, 1.54) is 11.3 Å². The molecule has 0 saturated carbocycles. The summed E-state index contributed by atoms with van der Waals surface area (Å²) in [5, 5.41) is 19.3. The molecule has 2 aromatic rings. The Labute approximate surface area is 123 Å². The first-order chi connectivity index (χ1) is 9.91. The molecule has 21 heavy (non-hydrogen) atoms. The van der Waals surface area contributed by atoms with Gasteiger partial charge >= 0.3 is 5.97 Å². The van der Waals surface area contributed by atoms with Crippen molar-refractivity contribution in [2.24, 2.45) is 0 Å². The number of H-pyrrole nitrogens is 1. The number of carboxylic acids is 1. The summed E-state index contributed by atoms with van der Waals surface area (Å²) in [7, 11) is 0. The highest BCUT2D eigenvalue weighted by molar-refractivity contribution is 7.10. The van der Waals surface area contributed by atoms with Crippen LogP contribution in [0.2, 0.25) is 0 Å². The molecule has 3 N–H and O–H groups in total. The van der Waals surface area contributed by atoms with Crippen molar-refractivity contribution in [3.8, 4) is 0 Å². The van der Waals surface area contributed by atoms with Gasteiger partial charge in [0.15, 0.2) is 6.04 Å². The maximum Gasteiger partial charge on any atom is 0.331 e. The van der Waals surface area contributed by atoms with Crippen molar-refractivity contribution < 1.29 is 14.7 Å². The summed E-state index contributed by atoms with van der Waals surface area (Å²) in [4.78, 5) is 35.8. The van der Waals surface area contributed by atoms with Crippen LogP contribution in [0.4, 0.5) is 0 Å². The Morgan fingerprint density at radius 1 is 1.43 bits per heavy atom. The zero-order valence-electron chi connectivity index (χ0n) is 11.3. The molecule has 0 aliphatic carbocycles. The molecule has 0 saturated heterocycles. The lowest BCUT2D eigenvalue weighted by molar-refractivity contribution is -0.139. The summed E-state index contributed by atoms with van der Waals surface area (Å²) in [6.07, 6.45) is 0. The number of aliphatic carboxylic acids is 1. The first kappa shape index (κ1) is 14.9. The normalized spacial score (nSPS) is 11.9. The van der Waals surface area contributed by atoms with Crippen molar-refractivity contribution >= 4 is 23.2 Å². The fourth-order valence-corrected chi connectivity index (χ4v) is 2.58. The van der Waals surface area contributed by atoms with Crippen LogP contribution in [0.3, 0.4) is 0 Å². The van der Waals surface area contributed by atoms with E-state index >= 15 is 0 Å². The maximum atomic E-state index is 12.2. The molecule has 0 radical (unpaired) electrons. The fraction of sp³-hybridized carbons (Fsp3) is 0.231. The van der Waals surface area contributed by atoms with Crippen LogP contribution in [-0.2, 0) is 4.79 Å². The zero-order valence-corrected chi connectivity index (χ0v) is 12.2. The van der Waals surface area contributed by atoms with Crippen LogP contribution in [-0.4, -0.2) is 27.2 Å². The third kappa shape index (κ3) is 3.00. The molecule has 8 heteroatoms. The zero-order chi connectivity index (χ0) is 15.6. The minimum absolute atomic E-state index is 0.120. The van der Waals surface area contributed by atoms with E-state index in [0.29, 0.717) is 16.1 Å². The summed E-state index contributed by atoms with van der Waals surface area (Å²) in [6.45, 7) is 3.24. The van der Waals surface area contributed by atoms with Crippen molar-refractivity contribution in [2.45, 2.75) is 19.9 Å². The SMILES string of the molecule is Cc1n[nH]c(=O)c(C(=O)NC(C(=O)O)c2cccs2)c1C. The Hall–Kier alpha value is -2.48. The Bertz CT molecular complexity index is 736. The smallest absolute Gasteiger partial charge is 0.331 e. The summed E-state index contributed by atoms with van der Waals surface area (Å²) in [5.74, 6) is -1.93. The van der Waals surface area contributed by atoms with Gasteiger partial charge in [0.05, 0.1) is 5.69 Å². The summed E-state index contributed by atoms with van der Waals surface area (Å²) < 4.78 is 0. The molecule has 1 unspecified atom stereocenters. The van der Waals surface area contributed by atoms with Gasteiger partial charge in [0.1, 0.15) is 5.56 Å². The first-order valence-electron chi connectivity index (χ1n) is 6.04. The molecule has 7 nitrogen and oxygen atoms in total. The Kier molecular flexibility index (Phi) is 4.18. The van der Waals surface area contributed by atoms with E-state index in [1.54, 1.807) is 31.4 Å². The number of nitrogens with one attached hydrogen (secondary N) is 2. The van der Waals surface area contributed by atoms with Crippen molar-refractivity contribution in [3.05, 3.63) is 49.6 Å². The van der Waals surface area contributed by atoms with Crippen molar-refractivity contribution in [3.63, 3.8) is 0 Å². The van der Waals surface area contributed by atoms with Gasteiger partial charge in [-0.25, -0.2) is 9.89 Å². The van der Waals surface area contributed by atoms with E-state index in [1.807, 2.05) is 0 Å². The third-order valence-electron chi connectivity index (χ3n) is 3.05. The lowest BCUT2D eigenvalue weighted by Crippen LogP contribution is -2.37. The molecule has 2 aromatic heterocycles. The number of aromatic nitrogens is 2. The number of carbonyl (C=O) groups is 2. The molecule has 1 atom stereocenters. The molecular weight excluding hydrogens is 294 g/mol. The Balaban J connectivity index is 2.35. The molecule has 110 valence electrons. The molecule has 0 aliphatic heterocycles. The molecule has 0 aromatic carbocycles. The van der Waals surface area contributed by atoms with Crippen molar-refractivity contribution in [1.29, 1.82) is 0 Å². The van der Waals surface area contributed by atoms with E-state index in [0.717, 1.165) is 0 Å². The average molecular weight is 307 g/mol. The molecular formula is C13H13N3O4S. The second kappa shape index (κ2) is 5.88. The lowest BCUT2D eigenvalue weighted by Gasteiger charge is -2.14. The van der Waals surface area contributed by atoms with Gasteiger partial charge in [0, 0.05) is 4.88 Å². The second-order valence-corrected chi connectivity index (χ2v) is 5.38. The van der Waals surface area contributed by atoms with Crippen LogP contribution in [0.25, 0.3) is 0 Å². The molecule has 1 amide bonds. The van der Waals surface area contributed by atoms with Crippen molar-refractivity contribution in [1.82, 2.24) is 15.5 Å². The second-order valence-electron chi connectivity index (χ2n) is 4.40. The van der Waals surface area contributed by atoms with E-state index in [9.17, 15) is 19.5 Å². The predicted molar refractivity (Wildman–Crippen MR) is 76.5 cm³/mol. The number of nitrogens with zero attached hydrogens (tertiary/aromatic N) is 1. The number of aryl methyl sites for hydroxylation is 1. The highest BCUT2D eigenvalue weighted by Gasteiger charge is 2.26. The third-order valence-corrected chi connectivity index (χ3v) is 3.98. The highest BCUT2D eigenvalue weighted by Crippen LogP contribution is 2.19. The van der Waals surface area contributed by atoms with Gasteiger partial charge in [-0.1, -0.05) is 6.07 Å². The maximum absolute atomic E-state index is 12.2. The van der Waals surface area contributed by atoms with Gasteiger partial charge in [0.2, 0.25) is 0 Å². The van der Waals surface area contributed by atoms with Crippen LogP contribution in [0.15, 0.2) is 22.3 Å². The van der Waals surface area contributed by atoms with E-state index < -0.39 is 23.5 Å². The summed E-state index contributed by atoms with van der Waals surface area (Å²) in [5.41, 5.74) is 0.158. The average Bonchev–Trinajstić information content (AvgIpc) is 2.94. The van der Waals surface area contributed by atoms with E-state index in [-0.39, 0.29) is 5.56 Å².